The maximum Gasteiger partial charge on any atom is 0.122 e. The smallest absolute Gasteiger partial charge is 0.122 e. The molecule has 0 aliphatic carbocycles. The van der Waals surface area contributed by atoms with Crippen LogP contribution in [0.15, 0.2) is 18.2 Å². The van der Waals surface area contributed by atoms with Gasteiger partial charge in [-0.2, -0.15) is 0 Å². The summed E-state index contributed by atoms with van der Waals surface area (Å²) in [6, 6.07) is 6.22. The Hall–Kier alpha value is -0.730. The van der Waals surface area contributed by atoms with E-state index in [0.717, 1.165) is 30.2 Å². The number of methoxy groups -OCH3 is 1. The van der Waals surface area contributed by atoms with E-state index in [2.05, 4.69) is 33.0 Å². The summed E-state index contributed by atoms with van der Waals surface area (Å²) in [5.74, 6) is 0.914. The first-order valence-electron chi connectivity index (χ1n) is 6.94. The average Bonchev–Trinajstić information content (AvgIpc) is 2.33. The predicted octanol–water partition coefficient (Wildman–Crippen LogP) is 4.31. The van der Waals surface area contributed by atoms with Crippen LogP contribution < -0.4 is 10.1 Å². The van der Waals surface area contributed by atoms with Gasteiger partial charge in [0.15, 0.2) is 0 Å². The van der Waals surface area contributed by atoms with Crippen molar-refractivity contribution in [3.05, 3.63) is 28.8 Å². The summed E-state index contributed by atoms with van der Waals surface area (Å²) in [6.07, 6.45) is 2.06. The lowest BCUT2D eigenvalue weighted by Gasteiger charge is -2.32. The second-order valence-electron chi connectivity index (χ2n) is 6.03. The standard InChI is InChI=1S/C16H26ClNO/c1-6-9-18-15(16(2,3)4)11-12-10-13(17)7-8-14(12)19-5/h7-8,10,15,18H,6,9,11H2,1-5H3. The first-order valence-corrected chi connectivity index (χ1v) is 7.32. The minimum absolute atomic E-state index is 0.197. The molecule has 1 unspecified atom stereocenters. The normalized spacial score (nSPS) is 13.4. The molecule has 0 saturated carbocycles. The number of halogens is 1. The highest BCUT2D eigenvalue weighted by Crippen LogP contribution is 2.28. The van der Waals surface area contributed by atoms with Crippen LogP contribution in [-0.2, 0) is 6.42 Å². The summed E-state index contributed by atoms with van der Waals surface area (Å²) in [5.41, 5.74) is 1.36. The van der Waals surface area contributed by atoms with Gasteiger partial charge in [0.25, 0.3) is 0 Å². The maximum absolute atomic E-state index is 6.10. The number of benzene rings is 1. The van der Waals surface area contributed by atoms with E-state index >= 15 is 0 Å². The van der Waals surface area contributed by atoms with E-state index in [9.17, 15) is 0 Å². The van der Waals surface area contributed by atoms with Crippen molar-refractivity contribution in [1.82, 2.24) is 5.32 Å². The van der Waals surface area contributed by atoms with Gasteiger partial charge in [-0.1, -0.05) is 39.3 Å². The molecule has 108 valence electrons. The zero-order valence-electron chi connectivity index (χ0n) is 12.7. The minimum atomic E-state index is 0.197. The third-order valence-corrected chi connectivity index (χ3v) is 3.59. The molecule has 1 aromatic rings. The molecule has 1 rings (SSSR count). The Morgan fingerprint density at radius 1 is 1.32 bits per heavy atom. The highest BCUT2D eigenvalue weighted by Gasteiger charge is 2.25. The number of nitrogens with one attached hydrogen (secondary N) is 1. The van der Waals surface area contributed by atoms with Gasteiger partial charge in [0.2, 0.25) is 0 Å². The third kappa shape index (κ3) is 5.04. The molecule has 2 nitrogen and oxygen atoms in total. The van der Waals surface area contributed by atoms with E-state index < -0.39 is 0 Å². The lowest BCUT2D eigenvalue weighted by molar-refractivity contribution is 0.264. The zero-order chi connectivity index (χ0) is 14.5. The molecule has 0 radical (unpaired) electrons. The molecule has 0 aliphatic rings. The van der Waals surface area contributed by atoms with Gasteiger partial charge < -0.3 is 10.1 Å². The fourth-order valence-corrected chi connectivity index (χ4v) is 2.32. The molecule has 0 aromatic heterocycles. The van der Waals surface area contributed by atoms with Crippen LogP contribution in [0.2, 0.25) is 5.02 Å². The molecule has 0 fully saturated rings. The Bertz CT molecular complexity index is 398. The van der Waals surface area contributed by atoms with Crippen LogP contribution in [0.25, 0.3) is 0 Å². The molecular weight excluding hydrogens is 258 g/mol. The molecule has 0 spiro atoms. The Balaban J connectivity index is 2.92. The summed E-state index contributed by atoms with van der Waals surface area (Å²) in [6.45, 7) is 10.0. The first-order chi connectivity index (χ1) is 8.88. The summed E-state index contributed by atoms with van der Waals surface area (Å²) in [5, 5.41) is 4.39. The van der Waals surface area contributed by atoms with Crippen LogP contribution >= 0.6 is 11.6 Å². The third-order valence-electron chi connectivity index (χ3n) is 3.35. The van der Waals surface area contributed by atoms with Crippen LogP contribution in [0.1, 0.15) is 39.7 Å². The van der Waals surface area contributed by atoms with Crippen LogP contribution in [0.3, 0.4) is 0 Å². The van der Waals surface area contributed by atoms with Gasteiger partial charge in [-0.3, -0.25) is 0 Å². The maximum atomic E-state index is 6.10. The van der Waals surface area contributed by atoms with Gasteiger partial charge in [0.1, 0.15) is 5.75 Å². The molecule has 1 N–H and O–H groups in total. The van der Waals surface area contributed by atoms with Gasteiger partial charge in [0.05, 0.1) is 7.11 Å². The van der Waals surface area contributed by atoms with Gasteiger partial charge in [-0.05, 0) is 48.6 Å². The SMILES string of the molecule is CCCNC(Cc1cc(Cl)ccc1OC)C(C)(C)C. The number of ether oxygens (including phenoxy) is 1. The predicted molar refractivity (Wildman–Crippen MR) is 83.2 cm³/mol. The Kier molecular flexibility index (Phi) is 6.15. The summed E-state index contributed by atoms with van der Waals surface area (Å²) >= 11 is 6.10. The molecule has 0 amide bonds. The number of hydrogen-bond donors (Lipinski definition) is 1. The summed E-state index contributed by atoms with van der Waals surface area (Å²) in [4.78, 5) is 0. The molecule has 0 bridgehead atoms. The van der Waals surface area contributed by atoms with Crippen LogP contribution in [0, 0.1) is 5.41 Å². The van der Waals surface area contributed by atoms with Crippen molar-refractivity contribution >= 4 is 11.6 Å². The van der Waals surface area contributed by atoms with Gasteiger partial charge in [-0.15, -0.1) is 0 Å². The largest absolute Gasteiger partial charge is 0.496 e. The molecule has 0 aliphatic heterocycles. The molecular formula is C16H26ClNO. The van der Waals surface area contributed by atoms with Crippen molar-refractivity contribution in [1.29, 1.82) is 0 Å². The van der Waals surface area contributed by atoms with Crippen LogP contribution in [0.5, 0.6) is 5.75 Å². The van der Waals surface area contributed by atoms with E-state index in [1.165, 1.54) is 5.56 Å². The van der Waals surface area contributed by atoms with Crippen molar-refractivity contribution in [2.75, 3.05) is 13.7 Å². The topological polar surface area (TPSA) is 21.3 Å². The fourth-order valence-electron chi connectivity index (χ4n) is 2.13. The first kappa shape index (κ1) is 16.3. The van der Waals surface area contributed by atoms with E-state index in [0.29, 0.717) is 6.04 Å². The minimum Gasteiger partial charge on any atom is -0.496 e. The van der Waals surface area contributed by atoms with Crippen molar-refractivity contribution in [3.8, 4) is 5.75 Å². The van der Waals surface area contributed by atoms with E-state index in [1.807, 2.05) is 18.2 Å². The molecule has 19 heavy (non-hydrogen) atoms. The fraction of sp³-hybridized carbons (Fsp3) is 0.625. The molecule has 0 heterocycles. The Morgan fingerprint density at radius 2 is 2.00 bits per heavy atom. The molecule has 1 atom stereocenters. The molecule has 0 saturated heterocycles. The van der Waals surface area contributed by atoms with E-state index in [1.54, 1.807) is 7.11 Å². The van der Waals surface area contributed by atoms with Crippen LogP contribution in [-0.4, -0.2) is 19.7 Å². The number of hydrogen-bond acceptors (Lipinski definition) is 2. The summed E-state index contributed by atoms with van der Waals surface area (Å²) < 4.78 is 5.43. The average molecular weight is 284 g/mol. The van der Waals surface area contributed by atoms with Crippen molar-refractivity contribution in [2.45, 2.75) is 46.6 Å². The quantitative estimate of drug-likeness (QED) is 0.840. The van der Waals surface area contributed by atoms with Crippen molar-refractivity contribution < 1.29 is 4.74 Å². The highest BCUT2D eigenvalue weighted by molar-refractivity contribution is 6.30. The van der Waals surface area contributed by atoms with Gasteiger partial charge in [-0.25, -0.2) is 0 Å². The lowest BCUT2D eigenvalue weighted by Crippen LogP contribution is -2.42. The van der Waals surface area contributed by atoms with E-state index in [-0.39, 0.29) is 5.41 Å². The Morgan fingerprint density at radius 3 is 2.53 bits per heavy atom. The zero-order valence-corrected chi connectivity index (χ0v) is 13.5. The monoisotopic (exact) mass is 283 g/mol. The van der Waals surface area contributed by atoms with Gasteiger partial charge in [0, 0.05) is 11.1 Å². The number of rotatable bonds is 6. The Labute approximate surface area is 122 Å². The molecule has 1 aromatic carbocycles. The lowest BCUT2D eigenvalue weighted by atomic mass is 9.82. The molecule has 3 heteroatoms. The van der Waals surface area contributed by atoms with Crippen molar-refractivity contribution in [3.63, 3.8) is 0 Å². The second kappa shape index (κ2) is 7.16. The second-order valence-corrected chi connectivity index (χ2v) is 6.47. The summed E-state index contributed by atoms with van der Waals surface area (Å²) in [7, 11) is 1.71. The van der Waals surface area contributed by atoms with Crippen molar-refractivity contribution in [2.24, 2.45) is 5.41 Å². The van der Waals surface area contributed by atoms with Crippen LogP contribution in [0.4, 0.5) is 0 Å². The van der Waals surface area contributed by atoms with E-state index in [4.69, 9.17) is 16.3 Å². The highest BCUT2D eigenvalue weighted by atomic mass is 35.5. The van der Waals surface area contributed by atoms with Gasteiger partial charge >= 0.3 is 0 Å².